The molecule has 100 valence electrons. The zero-order chi connectivity index (χ0) is 13.1. The number of hydrogen-bond donors (Lipinski definition) is 1. The maximum Gasteiger partial charge on any atom is 0.0438 e. The van der Waals surface area contributed by atoms with Gasteiger partial charge in [0.05, 0.1) is 0 Å². The molecule has 1 aromatic rings. The predicted molar refractivity (Wildman–Crippen MR) is 79.0 cm³/mol. The van der Waals surface area contributed by atoms with E-state index in [1.54, 1.807) is 0 Å². The van der Waals surface area contributed by atoms with E-state index in [1.165, 1.54) is 43.2 Å². The van der Waals surface area contributed by atoms with Crippen molar-refractivity contribution in [2.45, 2.75) is 58.4 Å². The van der Waals surface area contributed by atoms with E-state index in [0.29, 0.717) is 0 Å². The molecule has 0 aromatic heterocycles. The normalized spacial score (nSPS) is 18.9. The molecule has 1 aromatic carbocycles. The molecule has 1 aliphatic carbocycles. The van der Waals surface area contributed by atoms with Gasteiger partial charge in [-0.25, -0.2) is 0 Å². The highest BCUT2D eigenvalue weighted by molar-refractivity contribution is 6.31. The zero-order valence-corrected chi connectivity index (χ0v) is 12.3. The van der Waals surface area contributed by atoms with Gasteiger partial charge in [-0.05, 0) is 48.9 Å². The summed E-state index contributed by atoms with van der Waals surface area (Å²) in [6.45, 7) is 4.17. The number of aryl methyl sites for hydroxylation is 2. The van der Waals surface area contributed by atoms with Gasteiger partial charge in [0.25, 0.3) is 0 Å². The van der Waals surface area contributed by atoms with Crippen LogP contribution in [0.1, 0.15) is 61.3 Å². The minimum atomic E-state index is 0.170. The first-order valence-corrected chi connectivity index (χ1v) is 7.48. The summed E-state index contributed by atoms with van der Waals surface area (Å²) < 4.78 is 0. The molecule has 1 unspecified atom stereocenters. The Morgan fingerprint density at radius 1 is 1.17 bits per heavy atom. The first-order valence-electron chi connectivity index (χ1n) is 7.10. The highest BCUT2D eigenvalue weighted by Gasteiger charge is 2.19. The topological polar surface area (TPSA) is 26.0 Å². The molecule has 1 nitrogen and oxygen atoms in total. The first-order chi connectivity index (χ1) is 8.58. The molecule has 0 bridgehead atoms. The molecule has 1 saturated carbocycles. The van der Waals surface area contributed by atoms with Crippen molar-refractivity contribution in [3.63, 3.8) is 0 Å². The van der Waals surface area contributed by atoms with E-state index in [-0.39, 0.29) is 6.04 Å². The lowest BCUT2D eigenvalue weighted by Crippen LogP contribution is -2.18. The highest BCUT2D eigenvalue weighted by Crippen LogP contribution is 2.33. The smallest absolute Gasteiger partial charge is 0.0438 e. The van der Waals surface area contributed by atoms with Gasteiger partial charge in [0.2, 0.25) is 0 Å². The summed E-state index contributed by atoms with van der Waals surface area (Å²) >= 11 is 6.14. The molecule has 0 saturated heterocycles. The Kier molecular flexibility index (Phi) is 4.69. The minimum absolute atomic E-state index is 0.170. The van der Waals surface area contributed by atoms with Crippen LogP contribution in [0.3, 0.4) is 0 Å². The molecule has 1 atom stereocenters. The van der Waals surface area contributed by atoms with E-state index in [4.69, 9.17) is 17.3 Å². The van der Waals surface area contributed by atoms with Gasteiger partial charge in [0.1, 0.15) is 0 Å². The van der Waals surface area contributed by atoms with Crippen LogP contribution in [-0.4, -0.2) is 0 Å². The summed E-state index contributed by atoms with van der Waals surface area (Å²) in [5.74, 6) is 0.823. The van der Waals surface area contributed by atoms with Gasteiger partial charge in [-0.3, -0.25) is 0 Å². The summed E-state index contributed by atoms with van der Waals surface area (Å²) in [6, 6.07) is 4.39. The van der Waals surface area contributed by atoms with Crippen molar-refractivity contribution in [3.05, 3.63) is 33.8 Å². The Labute approximate surface area is 116 Å². The van der Waals surface area contributed by atoms with Crippen LogP contribution in [0.15, 0.2) is 12.1 Å². The fraction of sp³-hybridized carbons (Fsp3) is 0.625. The molecule has 0 heterocycles. The molecular formula is C16H24ClN. The molecule has 0 radical (unpaired) electrons. The van der Waals surface area contributed by atoms with Crippen molar-refractivity contribution in [3.8, 4) is 0 Å². The maximum atomic E-state index is 6.40. The largest absolute Gasteiger partial charge is 0.324 e. The number of nitrogens with two attached hydrogens (primary N) is 1. The van der Waals surface area contributed by atoms with Crippen molar-refractivity contribution >= 4 is 11.6 Å². The van der Waals surface area contributed by atoms with E-state index in [9.17, 15) is 0 Å². The lowest BCUT2D eigenvalue weighted by atomic mass is 9.83. The molecule has 1 aliphatic rings. The van der Waals surface area contributed by atoms with Crippen LogP contribution < -0.4 is 5.73 Å². The lowest BCUT2D eigenvalue weighted by molar-refractivity contribution is 0.319. The lowest BCUT2D eigenvalue weighted by Gasteiger charge is -2.25. The molecule has 0 spiro atoms. The summed E-state index contributed by atoms with van der Waals surface area (Å²) in [6.07, 6.45) is 8.03. The van der Waals surface area contributed by atoms with Crippen LogP contribution in [0, 0.1) is 19.8 Å². The fourth-order valence-electron chi connectivity index (χ4n) is 3.11. The summed E-state index contributed by atoms with van der Waals surface area (Å²) in [5, 5.41) is 0.848. The molecule has 2 rings (SSSR count). The van der Waals surface area contributed by atoms with E-state index >= 15 is 0 Å². The number of rotatable bonds is 3. The van der Waals surface area contributed by atoms with Crippen molar-refractivity contribution < 1.29 is 0 Å². The summed E-state index contributed by atoms with van der Waals surface area (Å²) in [5.41, 5.74) is 10.0. The van der Waals surface area contributed by atoms with Gasteiger partial charge in [-0.15, -0.1) is 0 Å². The Hall–Kier alpha value is -0.530. The quantitative estimate of drug-likeness (QED) is 0.824. The second-order valence-corrected chi connectivity index (χ2v) is 6.21. The average molecular weight is 266 g/mol. The molecule has 1 fully saturated rings. The minimum Gasteiger partial charge on any atom is -0.324 e. The fourth-order valence-corrected chi connectivity index (χ4v) is 3.33. The van der Waals surface area contributed by atoms with Gasteiger partial charge in [-0.2, -0.15) is 0 Å². The first kappa shape index (κ1) is 13.9. The van der Waals surface area contributed by atoms with Crippen LogP contribution in [0.2, 0.25) is 5.02 Å². The van der Waals surface area contributed by atoms with Gasteiger partial charge < -0.3 is 5.73 Å². The van der Waals surface area contributed by atoms with Crippen LogP contribution >= 0.6 is 11.6 Å². The van der Waals surface area contributed by atoms with Gasteiger partial charge >= 0.3 is 0 Å². The van der Waals surface area contributed by atoms with Gasteiger partial charge in [0, 0.05) is 11.1 Å². The van der Waals surface area contributed by atoms with Gasteiger partial charge in [0.15, 0.2) is 0 Å². The molecule has 2 heteroatoms. The predicted octanol–water partition coefficient (Wildman–Crippen LogP) is 4.93. The van der Waals surface area contributed by atoms with Crippen LogP contribution in [0.25, 0.3) is 0 Å². The Balaban J connectivity index is 2.08. The second-order valence-electron chi connectivity index (χ2n) is 5.80. The Morgan fingerprint density at radius 2 is 1.83 bits per heavy atom. The molecule has 0 amide bonds. The van der Waals surface area contributed by atoms with Gasteiger partial charge in [-0.1, -0.05) is 49.8 Å². The van der Waals surface area contributed by atoms with Crippen LogP contribution in [0.4, 0.5) is 0 Å². The van der Waals surface area contributed by atoms with E-state index in [0.717, 1.165) is 22.9 Å². The molecule has 2 N–H and O–H groups in total. The molecule has 18 heavy (non-hydrogen) atoms. The Morgan fingerprint density at radius 3 is 2.50 bits per heavy atom. The number of benzene rings is 1. The zero-order valence-electron chi connectivity index (χ0n) is 11.5. The number of hydrogen-bond acceptors (Lipinski definition) is 1. The van der Waals surface area contributed by atoms with Crippen molar-refractivity contribution in [1.82, 2.24) is 0 Å². The van der Waals surface area contributed by atoms with Crippen molar-refractivity contribution in [2.24, 2.45) is 11.7 Å². The molecular weight excluding hydrogens is 242 g/mol. The van der Waals surface area contributed by atoms with E-state index in [1.807, 2.05) is 6.07 Å². The SMILES string of the molecule is Cc1cc(C(N)CC2CCCCC2)c(C)cc1Cl. The van der Waals surface area contributed by atoms with Crippen molar-refractivity contribution in [1.29, 1.82) is 0 Å². The van der Waals surface area contributed by atoms with Crippen LogP contribution in [-0.2, 0) is 0 Å². The second kappa shape index (κ2) is 6.08. The standard InChI is InChI=1S/C16H24ClN/c1-11-9-15(17)12(2)8-14(11)16(18)10-13-6-4-3-5-7-13/h8-9,13,16H,3-7,10,18H2,1-2H3. The highest BCUT2D eigenvalue weighted by atomic mass is 35.5. The monoisotopic (exact) mass is 265 g/mol. The maximum absolute atomic E-state index is 6.40. The summed E-state index contributed by atoms with van der Waals surface area (Å²) in [7, 11) is 0. The third kappa shape index (κ3) is 3.27. The summed E-state index contributed by atoms with van der Waals surface area (Å²) in [4.78, 5) is 0. The molecule has 0 aliphatic heterocycles. The third-order valence-corrected chi connectivity index (χ3v) is 4.67. The third-order valence-electron chi connectivity index (χ3n) is 4.26. The van der Waals surface area contributed by atoms with Crippen LogP contribution in [0.5, 0.6) is 0 Å². The average Bonchev–Trinajstić information content (AvgIpc) is 2.35. The van der Waals surface area contributed by atoms with Crippen molar-refractivity contribution in [2.75, 3.05) is 0 Å². The number of halogens is 1. The van der Waals surface area contributed by atoms with E-state index in [2.05, 4.69) is 19.9 Å². The van der Waals surface area contributed by atoms with E-state index < -0.39 is 0 Å². The Bertz CT molecular complexity index is 408.